The highest BCUT2D eigenvalue weighted by Gasteiger charge is 2.17. The molecule has 76 valence electrons. The predicted molar refractivity (Wildman–Crippen MR) is 56.4 cm³/mol. The Bertz CT molecular complexity index is 309. The Morgan fingerprint density at radius 3 is 2.64 bits per heavy atom. The maximum atomic E-state index is 5.87. The zero-order valence-corrected chi connectivity index (χ0v) is 8.91. The van der Waals surface area contributed by atoms with Crippen LogP contribution in [0.5, 0.6) is 0 Å². The van der Waals surface area contributed by atoms with Crippen molar-refractivity contribution in [2.45, 2.75) is 6.92 Å². The monoisotopic (exact) mass is 212 g/mol. The van der Waals surface area contributed by atoms with Crippen molar-refractivity contribution in [1.29, 1.82) is 0 Å². The van der Waals surface area contributed by atoms with Crippen molar-refractivity contribution in [3.05, 3.63) is 18.0 Å². The molecule has 0 unspecified atom stereocenters. The van der Waals surface area contributed by atoms with Crippen LogP contribution in [0, 0.1) is 6.92 Å². The third-order valence-corrected chi connectivity index (χ3v) is 2.63. The highest BCUT2D eigenvalue weighted by atomic mass is 35.5. The van der Waals surface area contributed by atoms with Gasteiger partial charge in [0.25, 0.3) is 0 Å². The van der Waals surface area contributed by atoms with Crippen LogP contribution in [0.25, 0.3) is 0 Å². The number of aromatic nitrogens is 2. The molecule has 1 fully saturated rings. The SMILES string of the molecule is Cc1ccnc(N2CCN(Cl)CC2)n1. The second kappa shape index (κ2) is 4.11. The van der Waals surface area contributed by atoms with Gasteiger partial charge in [-0.2, -0.15) is 0 Å². The lowest BCUT2D eigenvalue weighted by Gasteiger charge is -2.30. The molecule has 0 saturated carbocycles. The first-order valence-corrected chi connectivity index (χ1v) is 5.05. The molecule has 0 radical (unpaired) electrons. The van der Waals surface area contributed by atoms with Crippen molar-refractivity contribution in [3.8, 4) is 0 Å². The van der Waals surface area contributed by atoms with E-state index in [2.05, 4.69) is 14.9 Å². The molecule has 0 amide bonds. The fraction of sp³-hybridized carbons (Fsp3) is 0.556. The summed E-state index contributed by atoms with van der Waals surface area (Å²) in [4.78, 5) is 10.8. The fourth-order valence-electron chi connectivity index (χ4n) is 1.47. The van der Waals surface area contributed by atoms with Gasteiger partial charge in [0, 0.05) is 38.1 Å². The van der Waals surface area contributed by atoms with Gasteiger partial charge in [-0.15, -0.1) is 0 Å². The molecule has 1 aliphatic rings. The van der Waals surface area contributed by atoms with E-state index in [0.717, 1.165) is 37.8 Å². The predicted octanol–water partition coefficient (Wildman–Crippen LogP) is 1.06. The summed E-state index contributed by atoms with van der Waals surface area (Å²) in [7, 11) is 0. The molecular weight excluding hydrogens is 200 g/mol. The molecule has 2 heterocycles. The van der Waals surface area contributed by atoms with E-state index in [1.807, 2.05) is 13.0 Å². The summed E-state index contributed by atoms with van der Waals surface area (Å²) in [5.41, 5.74) is 1.00. The van der Waals surface area contributed by atoms with Gasteiger partial charge in [0.2, 0.25) is 5.95 Å². The molecule has 0 N–H and O–H groups in total. The van der Waals surface area contributed by atoms with E-state index in [4.69, 9.17) is 11.8 Å². The van der Waals surface area contributed by atoms with Crippen LogP contribution < -0.4 is 4.90 Å². The van der Waals surface area contributed by atoms with Crippen LogP contribution in [0.3, 0.4) is 0 Å². The Labute approximate surface area is 88.6 Å². The molecule has 0 atom stereocenters. The summed E-state index contributed by atoms with van der Waals surface area (Å²) in [6.07, 6.45) is 1.80. The minimum absolute atomic E-state index is 0.815. The minimum Gasteiger partial charge on any atom is -0.338 e. The quantitative estimate of drug-likeness (QED) is 0.652. The second-order valence-electron chi connectivity index (χ2n) is 3.39. The van der Waals surface area contributed by atoms with Gasteiger partial charge in [0.15, 0.2) is 0 Å². The number of aryl methyl sites for hydroxylation is 1. The topological polar surface area (TPSA) is 32.3 Å². The molecule has 0 bridgehead atoms. The van der Waals surface area contributed by atoms with E-state index in [1.165, 1.54) is 0 Å². The van der Waals surface area contributed by atoms with E-state index in [-0.39, 0.29) is 0 Å². The van der Waals surface area contributed by atoms with Gasteiger partial charge < -0.3 is 4.90 Å². The van der Waals surface area contributed by atoms with Crippen LogP contribution in [0.2, 0.25) is 0 Å². The summed E-state index contributed by atoms with van der Waals surface area (Å²) in [6, 6.07) is 1.90. The third-order valence-electron chi connectivity index (χ3n) is 2.29. The van der Waals surface area contributed by atoms with Crippen molar-refractivity contribution in [2.75, 3.05) is 31.1 Å². The highest BCUT2D eigenvalue weighted by Crippen LogP contribution is 2.11. The Morgan fingerprint density at radius 1 is 1.29 bits per heavy atom. The largest absolute Gasteiger partial charge is 0.338 e. The zero-order chi connectivity index (χ0) is 9.97. The van der Waals surface area contributed by atoms with Gasteiger partial charge in [-0.3, -0.25) is 0 Å². The van der Waals surface area contributed by atoms with E-state index in [9.17, 15) is 0 Å². The highest BCUT2D eigenvalue weighted by molar-refractivity contribution is 6.13. The standard InChI is InChI=1S/C9H13ClN4/c1-8-2-3-11-9(12-8)13-4-6-14(10)7-5-13/h2-3H,4-7H2,1H3. The van der Waals surface area contributed by atoms with Gasteiger partial charge in [-0.25, -0.2) is 14.4 Å². The van der Waals surface area contributed by atoms with Gasteiger partial charge in [-0.05, 0) is 24.8 Å². The molecule has 5 heteroatoms. The number of halogens is 1. The lowest BCUT2D eigenvalue weighted by molar-refractivity contribution is 0.413. The maximum Gasteiger partial charge on any atom is 0.225 e. The van der Waals surface area contributed by atoms with Crippen molar-refractivity contribution < 1.29 is 0 Å². The number of anilines is 1. The lowest BCUT2D eigenvalue weighted by Crippen LogP contribution is -2.43. The maximum absolute atomic E-state index is 5.87. The Morgan fingerprint density at radius 2 is 2.00 bits per heavy atom. The molecule has 0 spiro atoms. The minimum atomic E-state index is 0.815. The molecule has 4 nitrogen and oxygen atoms in total. The average molecular weight is 213 g/mol. The molecule has 14 heavy (non-hydrogen) atoms. The molecule has 1 aliphatic heterocycles. The molecule has 1 aromatic rings. The van der Waals surface area contributed by atoms with Crippen molar-refractivity contribution in [3.63, 3.8) is 0 Å². The molecule has 0 aliphatic carbocycles. The Hall–Kier alpha value is -0.870. The number of piperazine rings is 1. The molecule has 1 saturated heterocycles. The number of hydrogen-bond acceptors (Lipinski definition) is 4. The van der Waals surface area contributed by atoms with Gasteiger partial charge in [0.1, 0.15) is 0 Å². The van der Waals surface area contributed by atoms with Gasteiger partial charge in [0.05, 0.1) is 0 Å². The summed E-state index contributed by atoms with van der Waals surface area (Å²) in [5, 5.41) is 0. The first-order chi connectivity index (χ1) is 6.75. The van der Waals surface area contributed by atoms with Crippen molar-refractivity contribution >= 4 is 17.7 Å². The van der Waals surface area contributed by atoms with E-state index in [1.54, 1.807) is 10.6 Å². The molecule has 0 aromatic carbocycles. The van der Waals surface area contributed by atoms with Crippen LogP contribution >= 0.6 is 11.8 Å². The van der Waals surface area contributed by atoms with Crippen LogP contribution in [0.15, 0.2) is 12.3 Å². The Balaban J connectivity index is 2.08. The number of rotatable bonds is 1. The van der Waals surface area contributed by atoms with Crippen LogP contribution in [-0.2, 0) is 0 Å². The van der Waals surface area contributed by atoms with Crippen LogP contribution in [-0.4, -0.2) is 40.6 Å². The van der Waals surface area contributed by atoms with Crippen LogP contribution in [0.1, 0.15) is 5.69 Å². The first kappa shape index (κ1) is 9.68. The molecule has 2 rings (SSSR count). The zero-order valence-electron chi connectivity index (χ0n) is 8.15. The summed E-state index contributed by atoms with van der Waals surface area (Å²) in [5.74, 6) is 0.815. The van der Waals surface area contributed by atoms with E-state index in [0.29, 0.717) is 0 Å². The molecule has 1 aromatic heterocycles. The summed E-state index contributed by atoms with van der Waals surface area (Å²) < 4.78 is 1.80. The van der Waals surface area contributed by atoms with E-state index >= 15 is 0 Å². The number of nitrogens with zero attached hydrogens (tertiary/aromatic N) is 4. The van der Waals surface area contributed by atoms with Gasteiger partial charge >= 0.3 is 0 Å². The fourth-order valence-corrected chi connectivity index (χ4v) is 1.62. The molecular formula is C9H13ClN4. The second-order valence-corrected chi connectivity index (χ2v) is 3.87. The third kappa shape index (κ3) is 2.13. The lowest BCUT2D eigenvalue weighted by atomic mass is 10.4. The van der Waals surface area contributed by atoms with Crippen molar-refractivity contribution in [2.24, 2.45) is 0 Å². The van der Waals surface area contributed by atoms with Gasteiger partial charge in [-0.1, -0.05) is 0 Å². The number of hydrogen-bond donors (Lipinski definition) is 0. The average Bonchev–Trinajstić information content (AvgIpc) is 2.19. The smallest absolute Gasteiger partial charge is 0.225 e. The first-order valence-electron chi connectivity index (χ1n) is 4.71. The van der Waals surface area contributed by atoms with Crippen LogP contribution in [0.4, 0.5) is 5.95 Å². The van der Waals surface area contributed by atoms with Crippen molar-refractivity contribution in [1.82, 2.24) is 14.4 Å². The normalized spacial score (nSPS) is 18.6. The van der Waals surface area contributed by atoms with E-state index < -0.39 is 0 Å². The Kier molecular flexibility index (Phi) is 2.84. The summed E-state index contributed by atoms with van der Waals surface area (Å²) in [6.45, 7) is 5.49. The summed E-state index contributed by atoms with van der Waals surface area (Å²) >= 11 is 5.87.